The lowest BCUT2D eigenvalue weighted by Gasteiger charge is -2.11. The van der Waals surface area contributed by atoms with Crippen molar-refractivity contribution in [2.45, 2.75) is 0 Å². The molecule has 0 unspecified atom stereocenters. The number of rotatable bonds is 15. The van der Waals surface area contributed by atoms with Crippen LogP contribution >= 0.6 is 34.0 Å². The molecule has 27 aromatic rings. The van der Waals surface area contributed by atoms with Crippen LogP contribution in [0, 0.1) is 0 Å². The average molecular weight is 1860 g/mol. The van der Waals surface area contributed by atoms with Crippen molar-refractivity contribution < 1.29 is 0 Å². The van der Waals surface area contributed by atoms with Crippen molar-refractivity contribution in [3.05, 3.63) is 456 Å². The van der Waals surface area contributed by atoms with E-state index < -0.39 is 0 Å². The molecule has 0 saturated carbocycles. The lowest BCUT2D eigenvalue weighted by molar-refractivity contribution is 1.07. The smallest absolute Gasteiger partial charge is 0.164 e. The van der Waals surface area contributed by atoms with Crippen LogP contribution in [0.15, 0.2) is 456 Å². The Morgan fingerprint density at radius 2 is 0.426 bits per heavy atom. The zero-order valence-corrected chi connectivity index (χ0v) is 77.7. The van der Waals surface area contributed by atoms with Crippen molar-refractivity contribution in [2.24, 2.45) is 0 Å². The van der Waals surface area contributed by atoms with E-state index in [9.17, 15) is 0 Å². The van der Waals surface area contributed by atoms with E-state index in [0.717, 1.165) is 153 Å². The van der Waals surface area contributed by atoms with Gasteiger partial charge in [-0.3, -0.25) is 15.0 Å². The molecule has 0 aliphatic rings. The summed E-state index contributed by atoms with van der Waals surface area (Å²) in [6, 6.07) is 145. The number of nitrogens with zero attached hydrogens (tertiary/aromatic N) is 15. The monoisotopic (exact) mass is 1860 g/mol. The highest BCUT2D eigenvalue weighted by atomic mass is 32.1. The molecule has 0 radical (unpaired) electrons. The molecule has 0 aliphatic carbocycles. The van der Waals surface area contributed by atoms with Gasteiger partial charge in [0.15, 0.2) is 52.4 Å². The third-order valence-corrected chi connectivity index (χ3v) is 28.8. The Hall–Kier alpha value is -18.3. The molecule has 12 heterocycles. The molecule has 0 aliphatic heterocycles. The van der Waals surface area contributed by atoms with Crippen molar-refractivity contribution in [2.75, 3.05) is 0 Å². The van der Waals surface area contributed by atoms with Gasteiger partial charge in [0.2, 0.25) is 0 Å². The minimum atomic E-state index is 0.609. The summed E-state index contributed by atoms with van der Waals surface area (Å²) in [5.41, 5.74) is 24.6. The second-order valence-corrected chi connectivity index (χ2v) is 37.2. The third-order valence-electron chi connectivity index (χ3n) is 25.2. The van der Waals surface area contributed by atoms with Gasteiger partial charge in [0, 0.05) is 149 Å². The van der Waals surface area contributed by atoms with E-state index in [2.05, 4.69) is 307 Å². The van der Waals surface area contributed by atoms with Gasteiger partial charge in [0.25, 0.3) is 0 Å². The molecule has 141 heavy (non-hydrogen) atoms. The zero-order valence-electron chi connectivity index (χ0n) is 75.2. The number of benzene rings is 15. The molecule has 0 N–H and O–H groups in total. The number of aromatic nitrogens is 15. The molecule has 0 bridgehead atoms. The first-order chi connectivity index (χ1) is 69.8. The molecule has 18 heteroatoms. The highest BCUT2D eigenvalue weighted by Crippen LogP contribution is 2.48. The molecule has 0 atom stereocenters. The van der Waals surface area contributed by atoms with E-state index in [1.165, 1.54) is 57.7 Å². The maximum absolute atomic E-state index is 5.18. The van der Waals surface area contributed by atoms with Crippen LogP contribution in [0.25, 0.3) is 263 Å². The molecule has 27 rings (SSSR count). The standard InChI is InChI=1S/3C41H25N5S/c1-3-11-26(12-4-1)27-20-22-29(23-21-27)40-44-39(28-13-5-2-6-14-28)45-41(46-40)31-16-9-15-30(25-31)36-38-35(32-17-7-8-19-34(32)47-38)37-33(43-36)18-10-24-42-37;1-3-10-26(11-4-1)27-18-20-29(21-19-27)40-44-39(28-12-5-2-6-13-28)45-41(46-40)31-15-9-14-30(24-31)37-38-36(32-22-23-42-25-34(32)43-37)33-16-7-8-17-35(33)47-38;1-3-10-26(11-4-1)27-18-20-29(21-19-27)40-44-39(28-12-5-2-6-13-28)45-41(46-40)31-15-9-14-30(24-31)37-38-36(32-16-7-8-17-35(32)47-38)33-25-42-23-22-34(33)43-37/h3*1-25H. The summed E-state index contributed by atoms with van der Waals surface area (Å²) in [7, 11) is 0. The van der Waals surface area contributed by atoms with Gasteiger partial charge in [-0.2, -0.15) is 0 Å². The molecule has 12 aromatic heterocycles. The van der Waals surface area contributed by atoms with Crippen LogP contribution in [0.3, 0.4) is 0 Å². The van der Waals surface area contributed by atoms with E-state index in [1.807, 2.05) is 152 Å². The average Bonchev–Trinajstić information content (AvgIpc) is 1.59. The van der Waals surface area contributed by atoms with E-state index in [4.69, 9.17) is 64.8 Å². The van der Waals surface area contributed by atoms with Gasteiger partial charge in [0.05, 0.1) is 59.4 Å². The van der Waals surface area contributed by atoms with Gasteiger partial charge in [-0.15, -0.1) is 34.0 Å². The topological polar surface area (TPSA) is 193 Å². The second kappa shape index (κ2) is 37.1. The van der Waals surface area contributed by atoms with Crippen LogP contribution in [0.5, 0.6) is 0 Å². The molecule has 0 spiro atoms. The lowest BCUT2D eigenvalue weighted by atomic mass is 10.0. The maximum Gasteiger partial charge on any atom is 0.164 e. The molecule has 0 fully saturated rings. The molecular formula is C123H75N15S3. The van der Waals surface area contributed by atoms with Crippen LogP contribution < -0.4 is 0 Å². The summed E-state index contributed by atoms with van der Waals surface area (Å²) in [5.74, 6) is 5.60. The van der Waals surface area contributed by atoms with Crippen LogP contribution in [-0.2, 0) is 0 Å². The van der Waals surface area contributed by atoms with E-state index in [1.54, 1.807) is 40.2 Å². The van der Waals surface area contributed by atoms with Crippen LogP contribution in [0.2, 0.25) is 0 Å². The summed E-state index contributed by atoms with van der Waals surface area (Å²) >= 11 is 5.30. The van der Waals surface area contributed by atoms with E-state index in [0.29, 0.717) is 52.4 Å². The summed E-state index contributed by atoms with van der Waals surface area (Å²) in [4.78, 5) is 74.0. The SMILES string of the molecule is c1ccc(-c2ccc(-c3nc(-c4ccccc4)nc(-c4cccc(-c5nc6cccnc6c6c5sc5ccccc56)c4)n3)cc2)cc1.c1ccc(-c2ccc(-c3nc(-c4ccccc4)nc(-c4cccc(-c5nc6ccncc6c6c5sc5ccccc56)c4)n3)cc2)cc1.c1ccc(-c2ccc(-c3nc(-c4ccccc4)nc(-c4cccc(-c5nc6cnccc6c6c5sc5ccccc56)c4)n3)cc2)cc1. The highest BCUT2D eigenvalue weighted by molar-refractivity contribution is 7.27. The van der Waals surface area contributed by atoms with Crippen molar-refractivity contribution in [3.8, 4) is 170 Å². The second-order valence-electron chi connectivity index (χ2n) is 34.0. The molecule has 15 nitrogen and oxygen atoms in total. The summed E-state index contributed by atoms with van der Waals surface area (Å²) in [6.07, 6.45) is 9.26. The first kappa shape index (κ1) is 84.4. The molecule has 0 saturated heterocycles. The molecular weight excluding hydrogens is 1780 g/mol. The van der Waals surface area contributed by atoms with Crippen LogP contribution in [-0.4, -0.2) is 74.8 Å². The van der Waals surface area contributed by atoms with Gasteiger partial charge in [-0.1, -0.05) is 364 Å². The Labute approximate surface area is 821 Å². The van der Waals surface area contributed by atoms with Gasteiger partial charge >= 0.3 is 0 Å². The fourth-order valence-electron chi connectivity index (χ4n) is 18.3. The summed E-state index contributed by atoms with van der Waals surface area (Å²) in [5, 5.41) is 9.37. The van der Waals surface area contributed by atoms with Crippen molar-refractivity contribution >= 4 is 127 Å². The Morgan fingerprint density at radius 3 is 0.809 bits per heavy atom. The Morgan fingerprint density at radius 1 is 0.156 bits per heavy atom. The molecule has 15 aromatic carbocycles. The Balaban J connectivity index is 0.000000111. The van der Waals surface area contributed by atoms with Gasteiger partial charge in [0.1, 0.15) is 0 Å². The van der Waals surface area contributed by atoms with Gasteiger partial charge in [-0.25, -0.2) is 59.8 Å². The van der Waals surface area contributed by atoms with Crippen LogP contribution in [0.4, 0.5) is 0 Å². The summed E-state index contributed by atoms with van der Waals surface area (Å²) < 4.78 is 7.09. The highest BCUT2D eigenvalue weighted by Gasteiger charge is 2.25. The lowest BCUT2D eigenvalue weighted by Crippen LogP contribution is -2.00. The first-order valence-corrected chi connectivity index (χ1v) is 48.7. The van der Waals surface area contributed by atoms with Gasteiger partial charge in [-0.05, 0) is 94.0 Å². The minimum Gasteiger partial charge on any atom is -0.264 e. The number of hydrogen-bond donors (Lipinski definition) is 0. The van der Waals surface area contributed by atoms with E-state index in [-0.39, 0.29) is 0 Å². The predicted molar refractivity (Wildman–Crippen MR) is 579 cm³/mol. The normalized spacial score (nSPS) is 11.4. The third kappa shape index (κ3) is 16.6. The van der Waals surface area contributed by atoms with E-state index >= 15 is 0 Å². The quantitative estimate of drug-likeness (QED) is 0.0940. The first-order valence-electron chi connectivity index (χ1n) is 46.3. The number of pyridine rings is 6. The zero-order chi connectivity index (χ0) is 93.5. The number of hydrogen-bond acceptors (Lipinski definition) is 18. The Bertz CT molecular complexity index is 8550. The Kier molecular flexibility index (Phi) is 22.2. The fraction of sp³-hybridized carbons (Fsp3) is 0. The maximum atomic E-state index is 5.18. The van der Waals surface area contributed by atoms with Gasteiger partial charge < -0.3 is 0 Å². The number of thiophene rings is 3. The largest absolute Gasteiger partial charge is 0.264 e. The van der Waals surface area contributed by atoms with Crippen molar-refractivity contribution in [1.29, 1.82) is 0 Å². The predicted octanol–water partition coefficient (Wildman–Crippen LogP) is 31.6. The van der Waals surface area contributed by atoms with Crippen molar-refractivity contribution in [3.63, 3.8) is 0 Å². The minimum absolute atomic E-state index is 0.609. The van der Waals surface area contributed by atoms with Crippen molar-refractivity contribution in [1.82, 2.24) is 74.8 Å². The fourth-order valence-corrected chi connectivity index (χ4v) is 22.0. The van der Waals surface area contributed by atoms with Crippen LogP contribution in [0.1, 0.15) is 0 Å². The molecule has 0 amide bonds. The molecule has 660 valence electrons. The number of fused-ring (bicyclic) bond motifs is 15. The summed E-state index contributed by atoms with van der Waals surface area (Å²) in [6.45, 7) is 0.